The molecule has 0 aromatic heterocycles. The Morgan fingerprint density at radius 2 is 2.00 bits per heavy atom. The molecule has 2 nitrogen and oxygen atoms in total. The second kappa shape index (κ2) is 4.15. The average molecular weight is 208 g/mol. The van der Waals surface area contributed by atoms with Crippen LogP contribution in [0.3, 0.4) is 0 Å². The van der Waals surface area contributed by atoms with Crippen LogP contribution >= 0.6 is 0 Å². The summed E-state index contributed by atoms with van der Waals surface area (Å²) in [6, 6.07) is 11.1. The molecule has 0 spiro atoms. The molecule has 1 unspecified atom stereocenters. The minimum atomic E-state index is -1.88. The molecule has 1 saturated heterocycles. The second-order valence-electron chi connectivity index (χ2n) is 3.85. The van der Waals surface area contributed by atoms with Gasteiger partial charge in [-0.25, -0.2) is 0 Å². The fraction of sp³-hybridized carbons (Fsp3) is 0.455. The Hall–Kier alpha value is -0.803. The lowest BCUT2D eigenvalue weighted by atomic mass is 10.3. The molecule has 1 atom stereocenters. The fourth-order valence-corrected chi connectivity index (χ4v) is 4.14. The summed E-state index contributed by atoms with van der Waals surface area (Å²) in [5.41, 5.74) is 0. The molecule has 3 heteroatoms. The highest BCUT2D eigenvalue weighted by molar-refractivity contribution is 6.66. The van der Waals surface area contributed by atoms with Crippen LogP contribution in [0.1, 0.15) is 12.8 Å². The number of hydrogen-bond acceptors (Lipinski definition) is 2. The summed E-state index contributed by atoms with van der Waals surface area (Å²) >= 11 is 0. The van der Waals surface area contributed by atoms with Gasteiger partial charge in [0.25, 0.3) is 0 Å². The van der Waals surface area contributed by atoms with Crippen molar-refractivity contribution in [3.63, 3.8) is 0 Å². The molecule has 1 aliphatic rings. The predicted molar refractivity (Wildman–Crippen MR) is 58.7 cm³/mol. The third kappa shape index (κ3) is 2.36. The van der Waals surface area contributed by atoms with Crippen LogP contribution in [0, 0.1) is 0 Å². The monoisotopic (exact) mass is 208 g/mol. The van der Waals surface area contributed by atoms with E-state index in [9.17, 15) is 0 Å². The third-order valence-electron chi connectivity index (χ3n) is 2.51. The van der Waals surface area contributed by atoms with Gasteiger partial charge in [-0.2, -0.15) is 0 Å². The normalized spacial score (nSPS) is 27.2. The minimum Gasteiger partial charge on any atom is -0.520 e. The van der Waals surface area contributed by atoms with Crippen LogP contribution in [0.2, 0.25) is 12.6 Å². The Morgan fingerprint density at radius 3 is 2.64 bits per heavy atom. The maximum absolute atomic E-state index is 5.96. The molecule has 0 bridgehead atoms. The van der Waals surface area contributed by atoms with Crippen LogP contribution in [-0.2, 0) is 4.43 Å². The van der Waals surface area contributed by atoms with Gasteiger partial charge in [-0.3, -0.25) is 0 Å². The second-order valence-corrected chi connectivity index (χ2v) is 7.11. The summed E-state index contributed by atoms with van der Waals surface area (Å²) in [5.74, 6) is 0.948. The van der Waals surface area contributed by atoms with Gasteiger partial charge in [-0.05, 0) is 31.5 Å². The number of rotatable bonds is 2. The van der Waals surface area contributed by atoms with Gasteiger partial charge in [0.2, 0.25) is 0 Å². The number of hydrogen-bond donors (Lipinski definition) is 0. The molecule has 0 aliphatic carbocycles. The van der Waals surface area contributed by atoms with Crippen molar-refractivity contribution >= 4 is 8.56 Å². The van der Waals surface area contributed by atoms with Crippen molar-refractivity contribution in [2.24, 2.45) is 0 Å². The third-order valence-corrected chi connectivity index (χ3v) is 5.25. The highest BCUT2D eigenvalue weighted by atomic mass is 28.4. The van der Waals surface area contributed by atoms with E-state index in [1.54, 1.807) is 0 Å². The van der Waals surface area contributed by atoms with Gasteiger partial charge in [0, 0.05) is 12.7 Å². The van der Waals surface area contributed by atoms with Crippen molar-refractivity contribution in [3.8, 4) is 5.75 Å². The van der Waals surface area contributed by atoms with Crippen LogP contribution in [0.25, 0.3) is 0 Å². The maximum Gasteiger partial charge on any atom is 0.395 e. The smallest absolute Gasteiger partial charge is 0.395 e. The van der Waals surface area contributed by atoms with E-state index < -0.39 is 8.56 Å². The number of benzene rings is 1. The number of para-hydroxylation sites is 1. The van der Waals surface area contributed by atoms with Gasteiger partial charge >= 0.3 is 8.56 Å². The van der Waals surface area contributed by atoms with Gasteiger partial charge in [0.15, 0.2) is 0 Å². The van der Waals surface area contributed by atoms with Crippen molar-refractivity contribution < 1.29 is 8.85 Å². The molecule has 1 aromatic carbocycles. The maximum atomic E-state index is 5.96. The zero-order valence-corrected chi connectivity index (χ0v) is 9.53. The molecule has 1 aliphatic heterocycles. The first-order valence-corrected chi connectivity index (χ1v) is 7.69. The van der Waals surface area contributed by atoms with Crippen molar-refractivity contribution in [1.82, 2.24) is 0 Å². The van der Waals surface area contributed by atoms with Crippen LogP contribution in [0.4, 0.5) is 0 Å². The van der Waals surface area contributed by atoms with Crippen LogP contribution < -0.4 is 4.43 Å². The van der Waals surface area contributed by atoms with Gasteiger partial charge in [-0.15, -0.1) is 0 Å². The summed E-state index contributed by atoms with van der Waals surface area (Å²) in [7, 11) is -1.88. The first-order valence-electron chi connectivity index (χ1n) is 5.17. The molecule has 1 aromatic rings. The lowest BCUT2D eigenvalue weighted by molar-refractivity contribution is 0.214. The van der Waals surface area contributed by atoms with E-state index in [0.717, 1.165) is 18.4 Å². The van der Waals surface area contributed by atoms with Crippen LogP contribution in [0.15, 0.2) is 30.3 Å². The molecule has 0 radical (unpaired) electrons. The zero-order chi connectivity index (χ0) is 9.86. The minimum absolute atomic E-state index is 0.871. The summed E-state index contributed by atoms with van der Waals surface area (Å²) in [4.78, 5) is 0. The topological polar surface area (TPSA) is 18.5 Å². The summed E-state index contributed by atoms with van der Waals surface area (Å²) in [6.45, 7) is 3.02. The van der Waals surface area contributed by atoms with Crippen molar-refractivity contribution in [2.75, 3.05) is 6.61 Å². The quantitative estimate of drug-likeness (QED) is 0.696. The van der Waals surface area contributed by atoms with E-state index in [-0.39, 0.29) is 0 Å². The summed E-state index contributed by atoms with van der Waals surface area (Å²) < 4.78 is 11.7. The molecular formula is C11H16O2Si. The van der Waals surface area contributed by atoms with E-state index in [1.807, 2.05) is 30.3 Å². The van der Waals surface area contributed by atoms with Crippen molar-refractivity contribution in [3.05, 3.63) is 30.3 Å². The molecule has 0 saturated carbocycles. The predicted octanol–water partition coefficient (Wildman–Crippen LogP) is 2.95. The van der Waals surface area contributed by atoms with E-state index in [4.69, 9.17) is 8.85 Å². The fourth-order valence-electron chi connectivity index (χ4n) is 1.73. The first-order chi connectivity index (χ1) is 6.79. The molecular weight excluding hydrogens is 192 g/mol. The molecule has 0 amide bonds. The van der Waals surface area contributed by atoms with Gasteiger partial charge < -0.3 is 8.85 Å². The molecule has 76 valence electrons. The van der Waals surface area contributed by atoms with Gasteiger partial charge in [0.05, 0.1) is 0 Å². The lowest BCUT2D eigenvalue weighted by Gasteiger charge is -2.31. The molecule has 2 rings (SSSR count). The highest BCUT2D eigenvalue weighted by Crippen LogP contribution is 2.25. The van der Waals surface area contributed by atoms with E-state index in [1.165, 1.54) is 12.8 Å². The van der Waals surface area contributed by atoms with E-state index in [2.05, 4.69) is 6.55 Å². The van der Waals surface area contributed by atoms with E-state index >= 15 is 0 Å². The molecule has 1 fully saturated rings. The molecule has 14 heavy (non-hydrogen) atoms. The molecule has 1 heterocycles. The Kier molecular flexibility index (Phi) is 2.89. The highest BCUT2D eigenvalue weighted by Gasteiger charge is 2.35. The van der Waals surface area contributed by atoms with Gasteiger partial charge in [0.1, 0.15) is 5.75 Å². The summed E-state index contributed by atoms with van der Waals surface area (Å²) in [5, 5.41) is 0. The van der Waals surface area contributed by atoms with E-state index in [0.29, 0.717) is 0 Å². The lowest BCUT2D eigenvalue weighted by Crippen LogP contribution is -2.44. The molecule has 0 N–H and O–H groups in total. The Balaban J connectivity index is 2.02. The van der Waals surface area contributed by atoms with Crippen molar-refractivity contribution in [2.45, 2.75) is 25.4 Å². The largest absolute Gasteiger partial charge is 0.520 e. The van der Waals surface area contributed by atoms with Crippen LogP contribution in [0.5, 0.6) is 5.75 Å². The average Bonchev–Trinajstić information content (AvgIpc) is 2.19. The standard InChI is InChI=1S/C11H16O2Si/c1-14(10-6-5-9-12-14)13-11-7-3-2-4-8-11/h2-4,7-8H,5-6,9-10H2,1H3. The Labute approximate surface area is 86.1 Å². The summed E-state index contributed by atoms with van der Waals surface area (Å²) in [6.07, 6.45) is 2.43. The Morgan fingerprint density at radius 1 is 1.21 bits per heavy atom. The van der Waals surface area contributed by atoms with Crippen LogP contribution in [-0.4, -0.2) is 15.2 Å². The Bertz CT molecular complexity index is 281. The zero-order valence-electron chi connectivity index (χ0n) is 8.53. The van der Waals surface area contributed by atoms with Gasteiger partial charge in [-0.1, -0.05) is 18.2 Å². The van der Waals surface area contributed by atoms with Crippen molar-refractivity contribution in [1.29, 1.82) is 0 Å². The first kappa shape index (κ1) is 9.74. The SMILES string of the molecule is C[Si]1(Oc2ccccc2)CCCCO1.